The second-order valence-corrected chi connectivity index (χ2v) is 5.63. The van der Waals surface area contributed by atoms with Gasteiger partial charge >= 0.3 is 0 Å². The quantitative estimate of drug-likeness (QED) is 0.897. The van der Waals surface area contributed by atoms with Gasteiger partial charge in [0, 0.05) is 17.1 Å². The molecule has 1 N–H and O–H groups in total. The fourth-order valence-electron chi connectivity index (χ4n) is 2.92. The van der Waals surface area contributed by atoms with Crippen LogP contribution in [0.1, 0.15) is 41.0 Å². The summed E-state index contributed by atoms with van der Waals surface area (Å²) in [6.45, 7) is 10.5. The molecule has 0 spiro atoms. The lowest BCUT2D eigenvalue weighted by atomic mass is 10.00. The van der Waals surface area contributed by atoms with Crippen molar-refractivity contribution in [1.29, 1.82) is 0 Å². The van der Waals surface area contributed by atoms with Gasteiger partial charge < -0.3 is 10.1 Å². The number of benzene rings is 1. The van der Waals surface area contributed by atoms with Crippen molar-refractivity contribution in [3.05, 3.63) is 52.3 Å². The summed E-state index contributed by atoms with van der Waals surface area (Å²) >= 11 is 0. The topological polar surface area (TPSA) is 34.1 Å². The van der Waals surface area contributed by atoms with Crippen molar-refractivity contribution in [1.82, 2.24) is 4.98 Å². The Balaban J connectivity index is 2.28. The maximum absolute atomic E-state index is 5.25. The van der Waals surface area contributed by atoms with Crippen LogP contribution in [-0.4, -0.2) is 12.1 Å². The number of aryl methyl sites for hydroxylation is 4. The Morgan fingerprint density at radius 1 is 1.05 bits per heavy atom. The molecule has 21 heavy (non-hydrogen) atoms. The van der Waals surface area contributed by atoms with Crippen LogP contribution >= 0.6 is 0 Å². The zero-order chi connectivity index (χ0) is 15.6. The molecule has 0 saturated heterocycles. The molecule has 1 heterocycles. The van der Waals surface area contributed by atoms with Crippen LogP contribution in [0.4, 0.5) is 5.69 Å². The monoisotopic (exact) mass is 284 g/mol. The van der Waals surface area contributed by atoms with Gasteiger partial charge in [-0.1, -0.05) is 0 Å². The first-order chi connectivity index (χ1) is 9.92. The van der Waals surface area contributed by atoms with Crippen LogP contribution < -0.4 is 10.1 Å². The van der Waals surface area contributed by atoms with Crippen molar-refractivity contribution in [3.8, 4) is 5.75 Å². The molecule has 2 rings (SSSR count). The highest BCUT2D eigenvalue weighted by molar-refractivity contribution is 5.55. The van der Waals surface area contributed by atoms with Gasteiger partial charge in [-0.15, -0.1) is 0 Å². The molecule has 0 bridgehead atoms. The molecule has 0 aliphatic carbocycles. The first-order valence-electron chi connectivity index (χ1n) is 7.28. The smallest absolute Gasteiger partial charge is 0.119 e. The molecule has 1 aromatic carbocycles. The van der Waals surface area contributed by atoms with Crippen LogP contribution in [0.25, 0.3) is 0 Å². The highest BCUT2D eigenvalue weighted by Crippen LogP contribution is 2.28. The van der Waals surface area contributed by atoms with Gasteiger partial charge in [0.05, 0.1) is 13.2 Å². The van der Waals surface area contributed by atoms with E-state index < -0.39 is 0 Å². The average molecular weight is 284 g/mol. The van der Waals surface area contributed by atoms with Gasteiger partial charge in [0.15, 0.2) is 0 Å². The van der Waals surface area contributed by atoms with E-state index in [0.717, 1.165) is 22.8 Å². The Morgan fingerprint density at radius 3 is 2.33 bits per heavy atom. The van der Waals surface area contributed by atoms with Gasteiger partial charge in [-0.25, -0.2) is 0 Å². The van der Waals surface area contributed by atoms with Crippen molar-refractivity contribution in [3.63, 3.8) is 0 Å². The van der Waals surface area contributed by atoms with Gasteiger partial charge in [-0.2, -0.15) is 0 Å². The summed E-state index contributed by atoms with van der Waals surface area (Å²) in [6.07, 6.45) is 0. The van der Waals surface area contributed by atoms with E-state index in [1.807, 2.05) is 19.1 Å². The summed E-state index contributed by atoms with van der Waals surface area (Å²) in [5, 5.41) is 3.58. The second-order valence-electron chi connectivity index (χ2n) is 5.63. The largest absolute Gasteiger partial charge is 0.497 e. The van der Waals surface area contributed by atoms with Crippen LogP contribution in [-0.2, 0) is 0 Å². The molecule has 3 nitrogen and oxygen atoms in total. The molecule has 0 aliphatic heterocycles. The molecule has 1 atom stereocenters. The number of anilines is 1. The molecule has 1 unspecified atom stereocenters. The lowest BCUT2D eigenvalue weighted by molar-refractivity contribution is 0.414. The maximum atomic E-state index is 5.25. The lowest BCUT2D eigenvalue weighted by Crippen LogP contribution is -2.12. The first kappa shape index (κ1) is 15.4. The fourth-order valence-corrected chi connectivity index (χ4v) is 2.92. The molecule has 112 valence electrons. The normalized spacial score (nSPS) is 12.1. The summed E-state index contributed by atoms with van der Waals surface area (Å²) in [4.78, 5) is 4.59. The number of ether oxygens (including phenoxy) is 1. The van der Waals surface area contributed by atoms with E-state index in [1.165, 1.54) is 16.7 Å². The Labute approximate surface area is 127 Å². The van der Waals surface area contributed by atoms with Crippen LogP contribution in [0.15, 0.2) is 24.3 Å². The Morgan fingerprint density at radius 2 is 1.76 bits per heavy atom. The van der Waals surface area contributed by atoms with Gasteiger partial charge in [0.2, 0.25) is 0 Å². The third-order valence-electron chi connectivity index (χ3n) is 3.82. The van der Waals surface area contributed by atoms with Crippen molar-refractivity contribution < 1.29 is 4.74 Å². The number of methoxy groups -OCH3 is 1. The number of pyridine rings is 1. The highest BCUT2D eigenvalue weighted by atomic mass is 16.5. The molecule has 0 fully saturated rings. The van der Waals surface area contributed by atoms with E-state index in [1.54, 1.807) is 7.11 Å². The molecule has 0 aliphatic rings. The molecular weight excluding hydrogens is 260 g/mol. The van der Waals surface area contributed by atoms with Crippen molar-refractivity contribution in [2.45, 2.75) is 40.7 Å². The summed E-state index contributed by atoms with van der Waals surface area (Å²) in [5.41, 5.74) is 7.03. The number of rotatable bonds is 4. The standard InChI is InChI=1S/C18H24N2O/c1-11-10-16(21-6)7-8-17(11)20-15(5)18-12(2)9-13(3)19-14(18)4/h7-10,15,20H,1-6H3. The molecular formula is C18H24N2O. The molecule has 1 aromatic heterocycles. The number of nitrogens with zero attached hydrogens (tertiary/aromatic N) is 1. The number of nitrogens with one attached hydrogen (secondary N) is 1. The summed E-state index contributed by atoms with van der Waals surface area (Å²) in [6, 6.07) is 8.44. The zero-order valence-electron chi connectivity index (χ0n) is 13.7. The molecule has 0 radical (unpaired) electrons. The Hall–Kier alpha value is -2.03. The molecule has 2 aromatic rings. The third-order valence-corrected chi connectivity index (χ3v) is 3.82. The second kappa shape index (κ2) is 6.17. The Bertz CT molecular complexity index is 627. The summed E-state index contributed by atoms with van der Waals surface area (Å²) < 4.78 is 5.25. The van der Waals surface area contributed by atoms with E-state index in [9.17, 15) is 0 Å². The number of aromatic nitrogens is 1. The van der Waals surface area contributed by atoms with Crippen LogP contribution in [0, 0.1) is 27.7 Å². The van der Waals surface area contributed by atoms with Crippen LogP contribution in [0.3, 0.4) is 0 Å². The lowest BCUT2D eigenvalue weighted by Gasteiger charge is -2.21. The van der Waals surface area contributed by atoms with Crippen LogP contribution in [0.2, 0.25) is 0 Å². The average Bonchev–Trinajstić information content (AvgIpc) is 2.39. The molecule has 0 amide bonds. The minimum Gasteiger partial charge on any atom is -0.497 e. The van der Waals surface area contributed by atoms with Crippen molar-refractivity contribution in [2.75, 3.05) is 12.4 Å². The Kier molecular flexibility index (Phi) is 4.51. The molecule has 0 saturated carbocycles. The van der Waals surface area contributed by atoms with E-state index in [-0.39, 0.29) is 6.04 Å². The van der Waals surface area contributed by atoms with Gasteiger partial charge in [0.25, 0.3) is 0 Å². The number of hydrogen-bond acceptors (Lipinski definition) is 3. The van der Waals surface area contributed by atoms with E-state index in [2.05, 4.69) is 50.1 Å². The maximum Gasteiger partial charge on any atom is 0.119 e. The van der Waals surface area contributed by atoms with E-state index in [0.29, 0.717) is 0 Å². The zero-order valence-corrected chi connectivity index (χ0v) is 13.7. The molecule has 3 heteroatoms. The predicted molar refractivity (Wildman–Crippen MR) is 88.2 cm³/mol. The van der Waals surface area contributed by atoms with Crippen LogP contribution in [0.5, 0.6) is 5.75 Å². The van der Waals surface area contributed by atoms with E-state index >= 15 is 0 Å². The van der Waals surface area contributed by atoms with Crippen molar-refractivity contribution >= 4 is 5.69 Å². The van der Waals surface area contributed by atoms with Gasteiger partial charge in [-0.3, -0.25) is 4.98 Å². The van der Waals surface area contributed by atoms with Gasteiger partial charge in [-0.05, 0) is 75.6 Å². The first-order valence-corrected chi connectivity index (χ1v) is 7.28. The van der Waals surface area contributed by atoms with Gasteiger partial charge in [0.1, 0.15) is 5.75 Å². The highest BCUT2D eigenvalue weighted by Gasteiger charge is 2.14. The van der Waals surface area contributed by atoms with E-state index in [4.69, 9.17) is 4.74 Å². The number of hydrogen-bond donors (Lipinski definition) is 1. The SMILES string of the molecule is COc1ccc(NC(C)c2c(C)cc(C)nc2C)c(C)c1. The third kappa shape index (κ3) is 3.35. The minimum absolute atomic E-state index is 0.213. The predicted octanol–water partition coefficient (Wildman–Crippen LogP) is 4.50. The van der Waals surface area contributed by atoms with Crippen molar-refractivity contribution in [2.24, 2.45) is 0 Å². The summed E-state index contributed by atoms with van der Waals surface area (Å²) in [7, 11) is 1.69. The fraction of sp³-hybridized carbons (Fsp3) is 0.389. The summed E-state index contributed by atoms with van der Waals surface area (Å²) in [5.74, 6) is 0.884. The minimum atomic E-state index is 0.213.